The highest BCUT2D eigenvalue weighted by Crippen LogP contribution is 2.43. The lowest BCUT2D eigenvalue weighted by atomic mass is 10.0. The predicted octanol–water partition coefficient (Wildman–Crippen LogP) is 2.73. The summed E-state index contributed by atoms with van der Waals surface area (Å²) in [5, 5.41) is 12.9. The van der Waals surface area contributed by atoms with Crippen molar-refractivity contribution >= 4 is 15.9 Å². The fourth-order valence-electron chi connectivity index (χ4n) is 2.06. The summed E-state index contributed by atoms with van der Waals surface area (Å²) in [7, 11) is 1.43. The number of phenolic OH excluding ortho intramolecular Hbond substituents is 1. The molecule has 1 heterocycles. The van der Waals surface area contributed by atoms with E-state index in [2.05, 4.69) is 21.2 Å². The number of ether oxygens (including phenoxy) is 1. The first-order chi connectivity index (χ1) is 7.65. The number of benzene rings is 1. The van der Waals surface area contributed by atoms with E-state index in [9.17, 15) is 9.50 Å². The smallest absolute Gasteiger partial charge is 0.194 e. The van der Waals surface area contributed by atoms with Crippen molar-refractivity contribution < 1.29 is 14.2 Å². The summed E-state index contributed by atoms with van der Waals surface area (Å²) in [4.78, 5) is 0. The third-order valence-electron chi connectivity index (χ3n) is 2.81. The van der Waals surface area contributed by atoms with E-state index in [4.69, 9.17) is 4.74 Å². The van der Waals surface area contributed by atoms with Gasteiger partial charge in [-0.3, -0.25) is 0 Å². The minimum atomic E-state index is -0.675. The minimum absolute atomic E-state index is 0.107. The molecule has 16 heavy (non-hydrogen) atoms. The normalized spacial score (nSPS) is 20.1. The van der Waals surface area contributed by atoms with Gasteiger partial charge in [-0.1, -0.05) is 15.9 Å². The standard InChI is InChI=1S/C11H13BrFNO2/c1-16-11-9(8-3-2-4-14-8)6(12)5-7(13)10(11)15/h5,8,14-15H,2-4H2,1H3. The summed E-state index contributed by atoms with van der Waals surface area (Å²) in [6.07, 6.45) is 2.03. The van der Waals surface area contributed by atoms with Gasteiger partial charge in [0.15, 0.2) is 17.3 Å². The van der Waals surface area contributed by atoms with Crippen LogP contribution in [0, 0.1) is 5.82 Å². The van der Waals surface area contributed by atoms with Gasteiger partial charge in [0.25, 0.3) is 0 Å². The van der Waals surface area contributed by atoms with Crippen molar-refractivity contribution in [2.24, 2.45) is 0 Å². The number of nitrogens with one attached hydrogen (secondary N) is 1. The van der Waals surface area contributed by atoms with Crippen molar-refractivity contribution in [3.63, 3.8) is 0 Å². The molecule has 0 aliphatic carbocycles. The molecule has 1 saturated heterocycles. The van der Waals surface area contributed by atoms with Gasteiger partial charge in [0.2, 0.25) is 0 Å². The highest BCUT2D eigenvalue weighted by Gasteiger charge is 2.26. The summed E-state index contributed by atoms with van der Waals surface area (Å²) >= 11 is 3.31. The Bertz CT molecular complexity index is 405. The molecule has 5 heteroatoms. The second kappa shape index (κ2) is 4.59. The van der Waals surface area contributed by atoms with Crippen molar-refractivity contribution in [3.8, 4) is 11.5 Å². The number of aromatic hydroxyl groups is 1. The lowest BCUT2D eigenvalue weighted by molar-refractivity contribution is 0.348. The molecule has 1 aliphatic heterocycles. The largest absolute Gasteiger partial charge is 0.502 e. The number of hydrogen-bond acceptors (Lipinski definition) is 3. The lowest BCUT2D eigenvalue weighted by Crippen LogP contribution is -2.14. The molecule has 2 N–H and O–H groups in total. The summed E-state index contributed by atoms with van der Waals surface area (Å²) in [5.74, 6) is -0.883. The van der Waals surface area contributed by atoms with E-state index < -0.39 is 11.6 Å². The maximum atomic E-state index is 13.3. The topological polar surface area (TPSA) is 41.5 Å². The molecule has 1 fully saturated rings. The van der Waals surface area contributed by atoms with Gasteiger partial charge in [0, 0.05) is 16.1 Å². The van der Waals surface area contributed by atoms with Crippen LogP contribution in [-0.2, 0) is 0 Å². The number of halogens is 2. The van der Waals surface area contributed by atoms with Crippen LogP contribution in [-0.4, -0.2) is 18.8 Å². The monoisotopic (exact) mass is 289 g/mol. The van der Waals surface area contributed by atoms with Gasteiger partial charge >= 0.3 is 0 Å². The molecule has 1 atom stereocenters. The molecule has 1 aromatic carbocycles. The van der Waals surface area contributed by atoms with Crippen LogP contribution in [0.4, 0.5) is 4.39 Å². The lowest BCUT2D eigenvalue weighted by Gasteiger charge is -2.18. The number of methoxy groups -OCH3 is 1. The maximum absolute atomic E-state index is 13.3. The third kappa shape index (κ3) is 1.89. The molecule has 1 aliphatic rings. The van der Waals surface area contributed by atoms with Crippen molar-refractivity contribution in [2.45, 2.75) is 18.9 Å². The van der Waals surface area contributed by atoms with E-state index in [0.29, 0.717) is 4.47 Å². The molecule has 3 nitrogen and oxygen atoms in total. The summed E-state index contributed by atoms with van der Waals surface area (Å²) in [6, 6.07) is 1.38. The zero-order valence-corrected chi connectivity index (χ0v) is 10.5. The number of hydrogen-bond donors (Lipinski definition) is 2. The predicted molar refractivity (Wildman–Crippen MR) is 62.3 cm³/mol. The van der Waals surface area contributed by atoms with Crippen LogP contribution < -0.4 is 10.1 Å². The first kappa shape index (κ1) is 11.7. The van der Waals surface area contributed by atoms with E-state index >= 15 is 0 Å². The van der Waals surface area contributed by atoms with Crippen molar-refractivity contribution in [1.82, 2.24) is 5.32 Å². The Kier molecular flexibility index (Phi) is 3.35. The molecule has 2 rings (SSSR count). The van der Waals surface area contributed by atoms with Gasteiger partial charge in [-0.25, -0.2) is 4.39 Å². The van der Waals surface area contributed by atoms with Gasteiger partial charge < -0.3 is 15.2 Å². The Balaban J connectivity index is 2.53. The van der Waals surface area contributed by atoms with Crippen molar-refractivity contribution in [1.29, 1.82) is 0 Å². The fourth-order valence-corrected chi connectivity index (χ4v) is 2.72. The Hall–Kier alpha value is -0.810. The van der Waals surface area contributed by atoms with Gasteiger partial charge in [0.05, 0.1) is 7.11 Å². The molecule has 0 spiro atoms. The molecular weight excluding hydrogens is 277 g/mol. The second-order valence-electron chi connectivity index (χ2n) is 3.78. The SMILES string of the molecule is COc1c(O)c(F)cc(Br)c1C1CCCN1. The van der Waals surface area contributed by atoms with Crippen LogP contribution in [0.3, 0.4) is 0 Å². The Labute approximate surface area is 102 Å². The minimum Gasteiger partial charge on any atom is -0.502 e. The molecule has 88 valence electrons. The van der Waals surface area contributed by atoms with E-state index in [1.54, 1.807) is 0 Å². The molecule has 0 aromatic heterocycles. The first-order valence-electron chi connectivity index (χ1n) is 5.13. The zero-order chi connectivity index (χ0) is 11.7. The molecule has 0 radical (unpaired) electrons. The molecule has 0 bridgehead atoms. The second-order valence-corrected chi connectivity index (χ2v) is 4.64. The van der Waals surface area contributed by atoms with Crippen LogP contribution in [0.15, 0.2) is 10.5 Å². The fraction of sp³-hybridized carbons (Fsp3) is 0.455. The van der Waals surface area contributed by atoms with Crippen LogP contribution in [0.25, 0.3) is 0 Å². The molecule has 1 unspecified atom stereocenters. The highest BCUT2D eigenvalue weighted by molar-refractivity contribution is 9.10. The molecule has 0 saturated carbocycles. The maximum Gasteiger partial charge on any atom is 0.194 e. The Morgan fingerprint density at radius 3 is 2.94 bits per heavy atom. The molecule has 1 aromatic rings. The van der Waals surface area contributed by atoms with Crippen LogP contribution in [0.5, 0.6) is 11.5 Å². The van der Waals surface area contributed by atoms with E-state index in [1.807, 2.05) is 0 Å². The quantitative estimate of drug-likeness (QED) is 0.880. The van der Waals surface area contributed by atoms with Gasteiger partial charge in [-0.2, -0.15) is 0 Å². The van der Waals surface area contributed by atoms with Crippen molar-refractivity contribution in [3.05, 3.63) is 21.9 Å². The molecule has 0 amide bonds. The summed E-state index contributed by atoms with van der Waals surface area (Å²) < 4.78 is 19.0. The summed E-state index contributed by atoms with van der Waals surface area (Å²) in [5.41, 5.74) is 0.791. The summed E-state index contributed by atoms with van der Waals surface area (Å²) in [6.45, 7) is 0.929. The van der Waals surface area contributed by atoms with Gasteiger partial charge in [0.1, 0.15) is 0 Å². The van der Waals surface area contributed by atoms with Gasteiger partial charge in [-0.15, -0.1) is 0 Å². The van der Waals surface area contributed by atoms with Gasteiger partial charge in [-0.05, 0) is 25.5 Å². The molecular formula is C11H13BrFNO2. The first-order valence-corrected chi connectivity index (χ1v) is 5.92. The Morgan fingerprint density at radius 1 is 1.62 bits per heavy atom. The van der Waals surface area contributed by atoms with Crippen molar-refractivity contribution in [2.75, 3.05) is 13.7 Å². The van der Waals surface area contributed by atoms with Crippen LogP contribution in [0.1, 0.15) is 24.4 Å². The average Bonchev–Trinajstić information content (AvgIpc) is 2.76. The highest BCUT2D eigenvalue weighted by atomic mass is 79.9. The zero-order valence-electron chi connectivity index (χ0n) is 8.89. The number of phenols is 1. The Morgan fingerprint density at radius 2 is 2.38 bits per heavy atom. The van der Waals surface area contributed by atoms with E-state index in [-0.39, 0.29) is 11.8 Å². The van der Waals surface area contributed by atoms with E-state index in [0.717, 1.165) is 24.9 Å². The van der Waals surface area contributed by atoms with Crippen LogP contribution >= 0.6 is 15.9 Å². The third-order valence-corrected chi connectivity index (χ3v) is 3.47. The average molecular weight is 290 g/mol. The number of rotatable bonds is 2. The van der Waals surface area contributed by atoms with Crippen LogP contribution in [0.2, 0.25) is 0 Å². The van der Waals surface area contributed by atoms with E-state index in [1.165, 1.54) is 13.2 Å².